The van der Waals surface area contributed by atoms with Gasteiger partial charge in [-0.25, -0.2) is 4.98 Å². The number of amides is 1. The van der Waals surface area contributed by atoms with Crippen molar-refractivity contribution in [2.24, 2.45) is 7.05 Å². The molecule has 1 rings (SSSR count). The predicted octanol–water partition coefficient (Wildman–Crippen LogP) is 0.0552. The maximum Gasteiger partial charge on any atom is 0.325 e. The zero-order valence-electron chi connectivity index (χ0n) is 9.64. The standard InChI is InChI=1S/C10H15N3O3/c1-4-16-9(14)6-12(2)10(15)8-5-11-7-13(8)3/h5,7H,4,6H2,1-3H3. The molecule has 6 nitrogen and oxygen atoms in total. The summed E-state index contributed by atoms with van der Waals surface area (Å²) in [5, 5.41) is 0. The van der Waals surface area contributed by atoms with Crippen LogP contribution >= 0.6 is 0 Å². The molecule has 0 radical (unpaired) electrons. The minimum Gasteiger partial charge on any atom is -0.465 e. The molecule has 0 unspecified atom stereocenters. The molecule has 0 bridgehead atoms. The highest BCUT2D eigenvalue weighted by molar-refractivity contribution is 5.94. The van der Waals surface area contributed by atoms with Crippen molar-refractivity contribution in [1.29, 1.82) is 0 Å². The van der Waals surface area contributed by atoms with E-state index in [1.165, 1.54) is 17.4 Å². The van der Waals surface area contributed by atoms with Crippen LogP contribution in [0.1, 0.15) is 17.4 Å². The number of aromatic nitrogens is 2. The maximum atomic E-state index is 11.8. The number of imidazole rings is 1. The van der Waals surface area contributed by atoms with E-state index in [1.54, 1.807) is 25.6 Å². The van der Waals surface area contributed by atoms with E-state index in [2.05, 4.69) is 4.98 Å². The Balaban J connectivity index is 2.61. The molecule has 0 aromatic carbocycles. The third-order valence-electron chi connectivity index (χ3n) is 2.05. The van der Waals surface area contributed by atoms with Gasteiger partial charge >= 0.3 is 5.97 Å². The fraction of sp³-hybridized carbons (Fsp3) is 0.500. The first-order valence-electron chi connectivity index (χ1n) is 4.93. The van der Waals surface area contributed by atoms with Gasteiger partial charge in [-0.2, -0.15) is 0 Å². The lowest BCUT2D eigenvalue weighted by atomic mass is 10.4. The van der Waals surface area contributed by atoms with Crippen LogP contribution in [0.2, 0.25) is 0 Å². The first-order chi connectivity index (χ1) is 7.56. The monoisotopic (exact) mass is 225 g/mol. The fourth-order valence-corrected chi connectivity index (χ4v) is 1.23. The summed E-state index contributed by atoms with van der Waals surface area (Å²) in [6.07, 6.45) is 3.00. The lowest BCUT2D eigenvalue weighted by Crippen LogP contribution is -2.34. The Labute approximate surface area is 93.8 Å². The Bertz CT molecular complexity index is 386. The molecular formula is C10H15N3O3. The average molecular weight is 225 g/mol. The van der Waals surface area contributed by atoms with Crippen molar-refractivity contribution < 1.29 is 14.3 Å². The zero-order valence-corrected chi connectivity index (χ0v) is 9.64. The van der Waals surface area contributed by atoms with Crippen LogP contribution in [0.3, 0.4) is 0 Å². The quantitative estimate of drug-likeness (QED) is 0.679. The number of likely N-dealkylation sites (N-methyl/N-ethyl adjacent to an activating group) is 1. The Morgan fingerprint density at radius 2 is 2.25 bits per heavy atom. The smallest absolute Gasteiger partial charge is 0.325 e. The molecule has 1 heterocycles. The highest BCUT2D eigenvalue weighted by Crippen LogP contribution is 2.01. The summed E-state index contributed by atoms with van der Waals surface area (Å²) in [4.78, 5) is 28.1. The summed E-state index contributed by atoms with van der Waals surface area (Å²) in [6.45, 7) is 1.98. The van der Waals surface area contributed by atoms with Gasteiger partial charge in [0.1, 0.15) is 12.2 Å². The number of aryl methyl sites for hydroxylation is 1. The van der Waals surface area contributed by atoms with E-state index < -0.39 is 5.97 Å². The molecular weight excluding hydrogens is 210 g/mol. The van der Waals surface area contributed by atoms with Crippen molar-refractivity contribution in [2.75, 3.05) is 20.2 Å². The van der Waals surface area contributed by atoms with Crippen molar-refractivity contribution in [3.8, 4) is 0 Å². The SMILES string of the molecule is CCOC(=O)CN(C)C(=O)c1cncn1C. The van der Waals surface area contributed by atoms with Crippen molar-refractivity contribution in [3.05, 3.63) is 18.2 Å². The zero-order chi connectivity index (χ0) is 12.1. The average Bonchev–Trinajstić information content (AvgIpc) is 2.63. The van der Waals surface area contributed by atoms with Crippen LogP contribution < -0.4 is 0 Å². The fourth-order valence-electron chi connectivity index (χ4n) is 1.23. The van der Waals surface area contributed by atoms with Crippen LogP contribution in [-0.4, -0.2) is 46.5 Å². The number of ether oxygens (including phenoxy) is 1. The van der Waals surface area contributed by atoms with Crippen LogP contribution in [0, 0.1) is 0 Å². The van der Waals surface area contributed by atoms with E-state index >= 15 is 0 Å². The van der Waals surface area contributed by atoms with Crippen LogP contribution in [0.4, 0.5) is 0 Å². The molecule has 0 atom stereocenters. The summed E-state index contributed by atoms with van der Waals surface area (Å²) in [5.74, 6) is -0.673. The number of esters is 1. The van der Waals surface area contributed by atoms with Gasteiger partial charge in [-0.3, -0.25) is 9.59 Å². The van der Waals surface area contributed by atoms with E-state index in [4.69, 9.17) is 4.74 Å². The van der Waals surface area contributed by atoms with Gasteiger partial charge in [0.25, 0.3) is 5.91 Å². The Kier molecular flexibility index (Phi) is 4.04. The van der Waals surface area contributed by atoms with Crippen LogP contribution in [0.15, 0.2) is 12.5 Å². The molecule has 88 valence electrons. The summed E-state index contributed by atoms with van der Waals surface area (Å²) in [5.41, 5.74) is 0.437. The van der Waals surface area contributed by atoms with Crippen molar-refractivity contribution in [2.45, 2.75) is 6.92 Å². The number of hydrogen-bond donors (Lipinski definition) is 0. The molecule has 0 N–H and O–H groups in total. The Morgan fingerprint density at radius 3 is 2.75 bits per heavy atom. The molecule has 1 aromatic heterocycles. The summed E-state index contributed by atoms with van der Waals surface area (Å²) in [7, 11) is 3.27. The van der Waals surface area contributed by atoms with Crippen molar-refractivity contribution in [1.82, 2.24) is 14.5 Å². The number of hydrogen-bond acceptors (Lipinski definition) is 4. The van der Waals surface area contributed by atoms with Gasteiger partial charge in [-0.05, 0) is 6.92 Å². The molecule has 0 saturated carbocycles. The lowest BCUT2D eigenvalue weighted by molar-refractivity contribution is -0.143. The molecule has 0 spiro atoms. The van der Waals surface area contributed by atoms with Gasteiger partial charge in [0.2, 0.25) is 0 Å². The van der Waals surface area contributed by atoms with Crippen LogP contribution in [-0.2, 0) is 16.6 Å². The molecule has 0 saturated heterocycles. The molecule has 6 heteroatoms. The number of rotatable bonds is 4. The predicted molar refractivity (Wildman–Crippen MR) is 56.8 cm³/mol. The molecule has 0 aliphatic rings. The third-order valence-corrected chi connectivity index (χ3v) is 2.05. The van der Waals surface area contributed by atoms with Gasteiger partial charge in [0.05, 0.1) is 19.1 Å². The van der Waals surface area contributed by atoms with E-state index in [9.17, 15) is 9.59 Å². The first-order valence-corrected chi connectivity index (χ1v) is 4.93. The van der Waals surface area contributed by atoms with Gasteiger partial charge in [0.15, 0.2) is 0 Å². The molecule has 0 aliphatic carbocycles. The van der Waals surface area contributed by atoms with Crippen molar-refractivity contribution in [3.63, 3.8) is 0 Å². The van der Waals surface area contributed by atoms with E-state index in [1.807, 2.05) is 0 Å². The van der Waals surface area contributed by atoms with Gasteiger partial charge < -0.3 is 14.2 Å². The second-order valence-corrected chi connectivity index (χ2v) is 3.36. The minimum absolute atomic E-state index is 0.0577. The van der Waals surface area contributed by atoms with Crippen molar-refractivity contribution >= 4 is 11.9 Å². The highest BCUT2D eigenvalue weighted by atomic mass is 16.5. The second-order valence-electron chi connectivity index (χ2n) is 3.36. The summed E-state index contributed by atoms with van der Waals surface area (Å²) in [6, 6.07) is 0. The van der Waals surface area contributed by atoms with E-state index in [0.717, 1.165) is 0 Å². The molecule has 1 amide bonds. The largest absolute Gasteiger partial charge is 0.465 e. The Morgan fingerprint density at radius 1 is 1.56 bits per heavy atom. The third kappa shape index (κ3) is 2.82. The first kappa shape index (κ1) is 12.2. The molecule has 16 heavy (non-hydrogen) atoms. The molecule has 0 aliphatic heterocycles. The Hall–Kier alpha value is -1.85. The van der Waals surface area contributed by atoms with Gasteiger partial charge in [0, 0.05) is 14.1 Å². The highest BCUT2D eigenvalue weighted by Gasteiger charge is 2.17. The number of nitrogens with zero attached hydrogens (tertiary/aromatic N) is 3. The van der Waals surface area contributed by atoms with Crippen LogP contribution in [0.5, 0.6) is 0 Å². The summed E-state index contributed by atoms with van der Waals surface area (Å²) < 4.78 is 6.36. The topological polar surface area (TPSA) is 64.4 Å². The molecule has 0 fully saturated rings. The van der Waals surface area contributed by atoms with Gasteiger partial charge in [-0.1, -0.05) is 0 Å². The summed E-state index contributed by atoms with van der Waals surface area (Å²) >= 11 is 0. The molecule has 1 aromatic rings. The van der Waals surface area contributed by atoms with E-state index in [0.29, 0.717) is 12.3 Å². The second kappa shape index (κ2) is 5.29. The number of carbonyl (C=O) groups is 2. The van der Waals surface area contributed by atoms with Crippen LogP contribution in [0.25, 0.3) is 0 Å². The lowest BCUT2D eigenvalue weighted by Gasteiger charge is -2.15. The normalized spacial score (nSPS) is 9.94. The van der Waals surface area contributed by atoms with E-state index in [-0.39, 0.29) is 12.5 Å². The maximum absolute atomic E-state index is 11.8. The number of carbonyl (C=O) groups excluding carboxylic acids is 2. The minimum atomic E-state index is -0.416. The van der Waals surface area contributed by atoms with Gasteiger partial charge in [-0.15, -0.1) is 0 Å².